The van der Waals surface area contributed by atoms with Gasteiger partial charge in [0.15, 0.2) is 0 Å². The van der Waals surface area contributed by atoms with Crippen molar-refractivity contribution in [3.63, 3.8) is 0 Å². The van der Waals surface area contributed by atoms with E-state index in [1.54, 1.807) is 17.7 Å². The van der Waals surface area contributed by atoms with Crippen LogP contribution in [0.1, 0.15) is 41.3 Å². The van der Waals surface area contributed by atoms with Gasteiger partial charge < -0.3 is 4.90 Å². The summed E-state index contributed by atoms with van der Waals surface area (Å²) < 4.78 is 0. The third-order valence-corrected chi connectivity index (χ3v) is 7.96. The van der Waals surface area contributed by atoms with E-state index in [9.17, 15) is 9.59 Å². The van der Waals surface area contributed by atoms with Gasteiger partial charge in [-0.25, -0.2) is 20.8 Å². The number of hydrogen-bond acceptors (Lipinski definition) is 8. The molecule has 0 spiro atoms. The molecule has 2 amide bonds. The molecule has 2 atom stereocenters. The maximum atomic E-state index is 12.7. The number of anilines is 1. The number of rotatable bonds is 4. The van der Waals surface area contributed by atoms with Gasteiger partial charge in [0, 0.05) is 29.9 Å². The fourth-order valence-electron chi connectivity index (χ4n) is 4.70. The molecule has 3 aromatic rings. The van der Waals surface area contributed by atoms with E-state index < -0.39 is 6.04 Å². The molecule has 2 unspecified atom stereocenters. The van der Waals surface area contributed by atoms with E-state index in [4.69, 9.17) is 0 Å². The van der Waals surface area contributed by atoms with Gasteiger partial charge in [0.25, 0.3) is 5.91 Å². The van der Waals surface area contributed by atoms with Crippen LogP contribution in [-0.4, -0.2) is 40.9 Å². The Labute approximate surface area is 202 Å². The number of piperidine rings is 1. The minimum atomic E-state index is -0.412. The largest absolute Gasteiger partial charge is 0.356 e. The highest BCUT2D eigenvalue weighted by Gasteiger charge is 2.31. The Balaban J connectivity index is 1.12. The van der Waals surface area contributed by atoms with E-state index in [2.05, 4.69) is 50.4 Å². The molecule has 10 heteroatoms. The molecule has 2 aromatic heterocycles. The smallest absolute Gasteiger partial charge is 0.256 e. The highest BCUT2D eigenvalue weighted by Crippen LogP contribution is 2.35. The number of benzene rings is 1. The molecular weight excluding hydrogens is 450 g/mol. The van der Waals surface area contributed by atoms with Gasteiger partial charge in [0.05, 0.1) is 5.39 Å². The number of hydrazine groups is 2. The van der Waals surface area contributed by atoms with E-state index in [1.165, 1.54) is 10.4 Å². The summed E-state index contributed by atoms with van der Waals surface area (Å²) >= 11 is 1.69. The fourth-order valence-corrected chi connectivity index (χ4v) is 5.69. The Morgan fingerprint density at radius 1 is 1.03 bits per heavy atom. The zero-order valence-electron chi connectivity index (χ0n) is 19.3. The van der Waals surface area contributed by atoms with Crippen molar-refractivity contribution in [3.8, 4) is 0 Å². The fraction of sp³-hybridized carbons (Fsp3) is 0.417. The van der Waals surface area contributed by atoms with Crippen LogP contribution in [0.4, 0.5) is 5.82 Å². The average Bonchev–Trinajstić information content (AvgIpc) is 3.48. The topological polar surface area (TPSA) is 111 Å². The van der Waals surface area contributed by atoms with Crippen molar-refractivity contribution in [3.05, 3.63) is 52.7 Å². The van der Waals surface area contributed by atoms with Crippen LogP contribution < -0.4 is 26.6 Å². The molecule has 2 aliphatic heterocycles. The van der Waals surface area contributed by atoms with Gasteiger partial charge in [0.2, 0.25) is 5.91 Å². The van der Waals surface area contributed by atoms with Crippen molar-refractivity contribution < 1.29 is 9.59 Å². The predicted octanol–water partition coefficient (Wildman–Crippen LogP) is 2.28. The van der Waals surface area contributed by atoms with E-state index >= 15 is 0 Å². The van der Waals surface area contributed by atoms with E-state index in [0.717, 1.165) is 34.7 Å². The number of aromatic nitrogens is 2. The quantitative estimate of drug-likeness (QED) is 0.425. The summed E-state index contributed by atoms with van der Waals surface area (Å²) in [4.78, 5) is 38.7. The number of amides is 2. The molecule has 2 saturated heterocycles. The number of nitrogens with zero attached hydrogens (tertiary/aromatic N) is 3. The Hall–Kier alpha value is -3.08. The number of hydrogen-bond donors (Lipinski definition) is 4. The van der Waals surface area contributed by atoms with E-state index in [1.807, 2.05) is 30.3 Å². The second-order valence-corrected chi connectivity index (χ2v) is 10.1. The summed E-state index contributed by atoms with van der Waals surface area (Å²) in [6.07, 6.45) is 3.64. The summed E-state index contributed by atoms with van der Waals surface area (Å²) in [6, 6.07) is 9.62. The van der Waals surface area contributed by atoms with Crippen molar-refractivity contribution in [1.29, 1.82) is 0 Å². The molecule has 0 radical (unpaired) electrons. The van der Waals surface area contributed by atoms with Gasteiger partial charge in [-0.05, 0) is 44.2 Å². The molecule has 2 fully saturated rings. The van der Waals surface area contributed by atoms with Crippen LogP contribution >= 0.6 is 11.3 Å². The number of carbonyl (C=O) groups excluding carboxylic acids is 2. The summed E-state index contributed by atoms with van der Waals surface area (Å²) in [5.41, 5.74) is 13.8. The van der Waals surface area contributed by atoms with Crippen molar-refractivity contribution in [2.24, 2.45) is 5.92 Å². The standard InChI is InChI=1S/C24H29N7O2S/c1-14-15(2)34-24-20(14)21(25-13-26-24)31-10-8-17(9-11-31)22(32)29-30-23(33)19-12-18(27-28-19)16-6-4-3-5-7-16/h3-7,13,17-19,27-28H,8-12H2,1-2H3,(H,29,32)(H,30,33). The zero-order valence-corrected chi connectivity index (χ0v) is 20.1. The SMILES string of the molecule is Cc1sc2ncnc(N3CCC(C(=O)NNC(=O)C4CC(c5ccccc5)NN4)CC3)c2c1C. The van der Waals surface area contributed by atoms with Crippen LogP contribution in [0.2, 0.25) is 0 Å². The molecule has 0 bridgehead atoms. The van der Waals surface area contributed by atoms with Gasteiger partial charge in [-0.15, -0.1) is 11.3 Å². The molecule has 4 heterocycles. The lowest BCUT2D eigenvalue weighted by atomic mass is 9.96. The van der Waals surface area contributed by atoms with Gasteiger partial charge in [0.1, 0.15) is 23.0 Å². The molecule has 9 nitrogen and oxygen atoms in total. The predicted molar refractivity (Wildman–Crippen MR) is 132 cm³/mol. The minimum absolute atomic E-state index is 0.0564. The van der Waals surface area contributed by atoms with Crippen LogP contribution in [0.5, 0.6) is 0 Å². The number of fused-ring (bicyclic) bond motifs is 1. The summed E-state index contributed by atoms with van der Waals surface area (Å²) in [5.74, 6) is 0.412. The Bertz CT molecular complexity index is 1190. The van der Waals surface area contributed by atoms with Gasteiger partial charge in [-0.2, -0.15) is 0 Å². The lowest BCUT2D eigenvalue weighted by Crippen LogP contribution is -2.52. The highest BCUT2D eigenvalue weighted by molar-refractivity contribution is 7.18. The van der Waals surface area contributed by atoms with Gasteiger partial charge in [-0.3, -0.25) is 20.4 Å². The second-order valence-electron chi connectivity index (χ2n) is 8.94. The number of carbonyl (C=O) groups is 2. The van der Waals surface area contributed by atoms with Crippen LogP contribution in [-0.2, 0) is 9.59 Å². The molecule has 2 aliphatic rings. The van der Waals surface area contributed by atoms with Crippen LogP contribution in [0.15, 0.2) is 36.7 Å². The third kappa shape index (κ3) is 4.48. The normalized spacial score (nSPS) is 21.1. The van der Waals surface area contributed by atoms with Crippen LogP contribution in [0.3, 0.4) is 0 Å². The first-order valence-corrected chi connectivity index (χ1v) is 12.4. The lowest BCUT2D eigenvalue weighted by molar-refractivity contribution is -0.132. The molecule has 0 aliphatic carbocycles. The first kappa shape index (κ1) is 22.7. The van der Waals surface area contributed by atoms with Crippen molar-refractivity contribution in [1.82, 2.24) is 31.7 Å². The monoisotopic (exact) mass is 479 g/mol. The highest BCUT2D eigenvalue weighted by atomic mass is 32.1. The molecular formula is C24H29N7O2S. The van der Waals surface area contributed by atoms with Gasteiger partial charge >= 0.3 is 0 Å². The molecule has 4 N–H and O–H groups in total. The number of aryl methyl sites for hydroxylation is 2. The first-order valence-electron chi connectivity index (χ1n) is 11.6. The maximum Gasteiger partial charge on any atom is 0.256 e. The second kappa shape index (κ2) is 9.65. The number of nitrogens with one attached hydrogen (secondary N) is 4. The van der Waals surface area contributed by atoms with Gasteiger partial charge in [-0.1, -0.05) is 30.3 Å². The van der Waals surface area contributed by atoms with Crippen molar-refractivity contribution in [2.45, 2.75) is 45.2 Å². The summed E-state index contributed by atoms with van der Waals surface area (Å²) in [6.45, 7) is 5.69. The minimum Gasteiger partial charge on any atom is -0.356 e. The van der Waals surface area contributed by atoms with Crippen molar-refractivity contribution >= 4 is 39.2 Å². The molecule has 0 saturated carbocycles. The summed E-state index contributed by atoms with van der Waals surface area (Å²) in [7, 11) is 0. The maximum absolute atomic E-state index is 12.7. The van der Waals surface area contributed by atoms with Crippen LogP contribution in [0, 0.1) is 19.8 Å². The van der Waals surface area contributed by atoms with Crippen LogP contribution in [0.25, 0.3) is 10.2 Å². The number of thiophene rings is 1. The molecule has 178 valence electrons. The van der Waals surface area contributed by atoms with E-state index in [0.29, 0.717) is 19.3 Å². The molecule has 1 aromatic carbocycles. The Kier molecular flexibility index (Phi) is 6.44. The van der Waals surface area contributed by atoms with E-state index in [-0.39, 0.29) is 23.8 Å². The Morgan fingerprint density at radius 2 is 1.76 bits per heavy atom. The zero-order chi connectivity index (χ0) is 23.7. The van der Waals surface area contributed by atoms with Crippen molar-refractivity contribution in [2.75, 3.05) is 18.0 Å². The Morgan fingerprint density at radius 3 is 2.53 bits per heavy atom. The lowest BCUT2D eigenvalue weighted by Gasteiger charge is -2.32. The molecule has 34 heavy (non-hydrogen) atoms. The summed E-state index contributed by atoms with van der Waals surface area (Å²) in [5, 5.41) is 1.12. The first-order chi connectivity index (χ1) is 16.5. The molecule has 5 rings (SSSR count). The average molecular weight is 480 g/mol. The third-order valence-electron chi connectivity index (χ3n) is 6.84.